The SMILES string of the molecule is CCc1nc2n(n1)CC(NC(=NCc1nnc(C)n1C)NC1CC1)CC2.I. The molecule has 1 fully saturated rings. The molecule has 0 radical (unpaired) electrons. The highest BCUT2D eigenvalue weighted by molar-refractivity contribution is 14.0. The maximum absolute atomic E-state index is 4.75. The second kappa shape index (κ2) is 8.53. The predicted molar refractivity (Wildman–Crippen MR) is 113 cm³/mol. The molecule has 27 heavy (non-hydrogen) atoms. The van der Waals surface area contributed by atoms with Gasteiger partial charge in [-0.2, -0.15) is 5.10 Å². The largest absolute Gasteiger partial charge is 0.354 e. The first-order valence-electron chi connectivity index (χ1n) is 9.47. The van der Waals surface area contributed by atoms with Crippen molar-refractivity contribution in [3.8, 4) is 0 Å². The van der Waals surface area contributed by atoms with Gasteiger partial charge in [-0.1, -0.05) is 6.92 Å². The first kappa shape index (κ1) is 20.0. The molecule has 2 aromatic rings. The van der Waals surface area contributed by atoms with Crippen LogP contribution in [0.25, 0.3) is 0 Å². The quantitative estimate of drug-likeness (QED) is 0.374. The number of nitrogens with zero attached hydrogens (tertiary/aromatic N) is 7. The van der Waals surface area contributed by atoms with Gasteiger partial charge >= 0.3 is 0 Å². The third-order valence-electron chi connectivity index (χ3n) is 5.04. The first-order valence-corrected chi connectivity index (χ1v) is 9.47. The number of halogens is 1. The van der Waals surface area contributed by atoms with E-state index in [4.69, 9.17) is 4.99 Å². The minimum atomic E-state index is 0. The lowest BCUT2D eigenvalue weighted by Gasteiger charge is -2.25. The molecule has 2 aliphatic rings. The normalized spacial score (nSPS) is 19.4. The van der Waals surface area contributed by atoms with Gasteiger partial charge in [0.15, 0.2) is 17.6 Å². The molecule has 9 nitrogen and oxygen atoms in total. The zero-order valence-corrected chi connectivity index (χ0v) is 18.5. The van der Waals surface area contributed by atoms with Crippen molar-refractivity contribution < 1.29 is 0 Å². The Morgan fingerprint density at radius 2 is 1.96 bits per heavy atom. The van der Waals surface area contributed by atoms with Gasteiger partial charge in [-0.15, -0.1) is 34.2 Å². The van der Waals surface area contributed by atoms with E-state index < -0.39 is 0 Å². The Balaban J connectivity index is 0.00000210. The highest BCUT2D eigenvalue weighted by Crippen LogP contribution is 2.19. The van der Waals surface area contributed by atoms with E-state index in [-0.39, 0.29) is 24.0 Å². The van der Waals surface area contributed by atoms with Crippen LogP contribution >= 0.6 is 24.0 Å². The molecule has 1 saturated carbocycles. The van der Waals surface area contributed by atoms with Gasteiger partial charge in [0.25, 0.3) is 0 Å². The van der Waals surface area contributed by atoms with Crippen LogP contribution in [0.2, 0.25) is 0 Å². The van der Waals surface area contributed by atoms with E-state index in [9.17, 15) is 0 Å². The van der Waals surface area contributed by atoms with Crippen LogP contribution in [0, 0.1) is 6.92 Å². The lowest BCUT2D eigenvalue weighted by molar-refractivity contribution is 0.391. The van der Waals surface area contributed by atoms with Crippen LogP contribution in [-0.2, 0) is 33.0 Å². The third-order valence-corrected chi connectivity index (χ3v) is 5.04. The van der Waals surface area contributed by atoms with Gasteiger partial charge in [-0.05, 0) is 26.2 Å². The van der Waals surface area contributed by atoms with Crippen LogP contribution in [0.3, 0.4) is 0 Å². The van der Waals surface area contributed by atoms with Crippen molar-refractivity contribution in [2.45, 2.75) is 71.1 Å². The number of rotatable bonds is 5. The van der Waals surface area contributed by atoms with Gasteiger partial charge in [-0.25, -0.2) is 14.7 Å². The van der Waals surface area contributed by atoms with Gasteiger partial charge < -0.3 is 15.2 Å². The van der Waals surface area contributed by atoms with Gasteiger partial charge in [0.1, 0.15) is 18.2 Å². The number of aliphatic imine (C=N–C) groups is 1. The maximum Gasteiger partial charge on any atom is 0.192 e. The summed E-state index contributed by atoms with van der Waals surface area (Å²) >= 11 is 0. The Kier molecular flexibility index (Phi) is 6.33. The van der Waals surface area contributed by atoms with E-state index >= 15 is 0 Å². The molecule has 1 unspecified atom stereocenters. The van der Waals surface area contributed by atoms with Crippen LogP contribution in [0.1, 0.15) is 49.5 Å². The molecule has 0 spiro atoms. The van der Waals surface area contributed by atoms with Crippen molar-refractivity contribution in [1.29, 1.82) is 0 Å². The van der Waals surface area contributed by atoms with Crippen molar-refractivity contribution >= 4 is 29.9 Å². The third kappa shape index (κ3) is 4.77. The van der Waals surface area contributed by atoms with Crippen molar-refractivity contribution in [3.63, 3.8) is 0 Å². The van der Waals surface area contributed by atoms with Crippen molar-refractivity contribution in [3.05, 3.63) is 23.3 Å². The number of hydrogen-bond donors (Lipinski definition) is 2. The average Bonchev–Trinajstić information content (AvgIpc) is 3.27. The summed E-state index contributed by atoms with van der Waals surface area (Å²) in [7, 11) is 1.97. The number of aryl methyl sites for hydroxylation is 3. The van der Waals surface area contributed by atoms with Gasteiger partial charge in [0.05, 0.1) is 6.54 Å². The second-order valence-electron chi connectivity index (χ2n) is 7.17. The molecule has 1 atom stereocenters. The average molecular weight is 485 g/mol. The fourth-order valence-electron chi connectivity index (χ4n) is 3.11. The maximum atomic E-state index is 4.75. The van der Waals surface area contributed by atoms with E-state index in [1.807, 2.05) is 23.2 Å². The molecule has 2 aromatic heterocycles. The molecule has 1 aliphatic carbocycles. The minimum absolute atomic E-state index is 0. The number of guanidine groups is 1. The van der Waals surface area contributed by atoms with Crippen LogP contribution < -0.4 is 10.6 Å². The van der Waals surface area contributed by atoms with Crippen molar-refractivity contribution in [2.75, 3.05) is 0 Å². The number of nitrogens with one attached hydrogen (secondary N) is 2. The molecular formula is C17H28IN9. The Morgan fingerprint density at radius 1 is 1.19 bits per heavy atom. The molecule has 0 aromatic carbocycles. The molecule has 3 heterocycles. The molecule has 4 rings (SSSR count). The predicted octanol–water partition coefficient (Wildman–Crippen LogP) is 1.11. The number of fused-ring (bicyclic) bond motifs is 1. The first-order chi connectivity index (χ1) is 12.6. The second-order valence-corrected chi connectivity index (χ2v) is 7.17. The zero-order valence-electron chi connectivity index (χ0n) is 16.1. The Bertz CT molecular complexity index is 805. The monoisotopic (exact) mass is 485 g/mol. The highest BCUT2D eigenvalue weighted by Gasteiger charge is 2.26. The Labute approximate surface area is 176 Å². The van der Waals surface area contributed by atoms with E-state index in [1.54, 1.807) is 0 Å². The lowest BCUT2D eigenvalue weighted by atomic mass is 10.1. The molecule has 10 heteroatoms. The van der Waals surface area contributed by atoms with Gasteiger partial charge in [0.2, 0.25) is 0 Å². The molecular weight excluding hydrogens is 457 g/mol. The molecule has 0 amide bonds. The molecule has 0 bridgehead atoms. The summed E-state index contributed by atoms with van der Waals surface area (Å²) in [6.07, 6.45) is 5.29. The summed E-state index contributed by atoms with van der Waals surface area (Å²) < 4.78 is 4.02. The van der Waals surface area contributed by atoms with Crippen LogP contribution in [0.4, 0.5) is 0 Å². The van der Waals surface area contributed by atoms with Crippen molar-refractivity contribution in [2.24, 2.45) is 12.0 Å². The van der Waals surface area contributed by atoms with Gasteiger partial charge in [-0.3, -0.25) is 0 Å². The fraction of sp³-hybridized carbons (Fsp3) is 0.706. The zero-order chi connectivity index (χ0) is 18.1. The minimum Gasteiger partial charge on any atom is -0.354 e. The molecule has 2 N–H and O–H groups in total. The number of aromatic nitrogens is 6. The van der Waals surface area contributed by atoms with E-state index in [0.29, 0.717) is 18.6 Å². The van der Waals surface area contributed by atoms with Gasteiger partial charge in [0, 0.05) is 32.0 Å². The summed E-state index contributed by atoms with van der Waals surface area (Å²) in [5.74, 6) is 4.66. The molecule has 148 valence electrons. The van der Waals surface area contributed by atoms with E-state index in [0.717, 1.165) is 55.1 Å². The highest BCUT2D eigenvalue weighted by atomic mass is 127. The van der Waals surface area contributed by atoms with E-state index in [2.05, 4.69) is 37.8 Å². The van der Waals surface area contributed by atoms with Crippen molar-refractivity contribution in [1.82, 2.24) is 40.2 Å². The smallest absolute Gasteiger partial charge is 0.192 e. The van der Waals surface area contributed by atoms with Crippen LogP contribution in [0.5, 0.6) is 0 Å². The summed E-state index contributed by atoms with van der Waals surface area (Å²) in [6, 6.07) is 0.847. The number of hydrogen-bond acceptors (Lipinski definition) is 5. The summed E-state index contributed by atoms with van der Waals surface area (Å²) in [5.41, 5.74) is 0. The lowest BCUT2D eigenvalue weighted by Crippen LogP contribution is -2.47. The Morgan fingerprint density at radius 3 is 2.63 bits per heavy atom. The summed E-state index contributed by atoms with van der Waals surface area (Å²) in [6.45, 7) is 5.39. The molecule has 0 saturated heterocycles. The summed E-state index contributed by atoms with van der Waals surface area (Å²) in [4.78, 5) is 9.34. The summed E-state index contributed by atoms with van der Waals surface area (Å²) in [5, 5.41) is 20.0. The Hall–Kier alpha value is -1.72. The molecule has 1 aliphatic heterocycles. The standard InChI is InChI=1S/C17H27N9.HI/c1-4-14-21-15-8-7-13(10-26(15)24-14)20-17(19-12-5-6-12)18-9-16-23-22-11(2)25(16)3;/h12-13H,4-10H2,1-3H3,(H2,18,19,20);1H. The van der Waals surface area contributed by atoms with Crippen LogP contribution in [-0.4, -0.2) is 47.6 Å². The topological polar surface area (TPSA) is 97.8 Å². The van der Waals surface area contributed by atoms with Crippen LogP contribution in [0.15, 0.2) is 4.99 Å². The fourth-order valence-corrected chi connectivity index (χ4v) is 3.11. The van der Waals surface area contributed by atoms with E-state index in [1.165, 1.54) is 12.8 Å².